The first kappa shape index (κ1) is 10.0. The molecule has 0 radical (unpaired) electrons. The largest absolute Gasteiger partial charge is 0.355 e. The van der Waals surface area contributed by atoms with Gasteiger partial charge in [0.25, 0.3) is 0 Å². The summed E-state index contributed by atoms with van der Waals surface area (Å²) < 4.78 is 1.01. The first-order chi connectivity index (χ1) is 5.84. The Bertz CT molecular complexity index is 164. The zero-order valence-electron chi connectivity index (χ0n) is 7.08. The van der Waals surface area contributed by atoms with Crippen LogP contribution in [0.1, 0.15) is 0 Å². The lowest BCUT2D eigenvalue weighted by molar-refractivity contribution is 0.368. The van der Waals surface area contributed by atoms with E-state index in [-0.39, 0.29) is 0 Å². The number of rotatable bonds is 2. The van der Waals surface area contributed by atoms with Gasteiger partial charge in [0.1, 0.15) is 4.32 Å². The molecule has 12 heavy (non-hydrogen) atoms. The molecule has 0 unspecified atom stereocenters. The number of nitrogens with zero attached hydrogens (tertiary/aromatic N) is 1. The van der Waals surface area contributed by atoms with Gasteiger partial charge in [-0.3, -0.25) is 0 Å². The highest BCUT2D eigenvalue weighted by atomic mass is 32.2. The van der Waals surface area contributed by atoms with E-state index in [1.165, 1.54) is 0 Å². The molecule has 1 N–H and O–H groups in total. The highest BCUT2D eigenvalue weighted by molar-refractivity contribution is 8.23. The van der Waals surface area contributed by atoms with Crippen molar-refractivity contribution < 1.29 is 0 Å². The first-order valence-electron chi connectivity index (χ1n) is 4.08. The fourth-order valence-corrected chi connectivity index (χ4v) is 2.08. The van der Waals surface area contributed by atoms with E-state index in [1.807, 2.05) is 6.08 Å². The molecule has 0 atom stereocenters. The fourth-order valence-electron chi connectivity index (χ4n) is 1.07. The van der Waals surface area contributed by atoms with E-state index in [2.05, 4.69) is 16.8 Å². The van der Waals surface area contributed by atoms with Crippen molar-refractivity contribution in [2.45, 2.75) is 0 Å². The van der Waals surface area contributed by atoms with Gasteiger partial charge in [-0.1, -0.05) is 30.1 Å². The van der Waals surface area contributed by atoms with Crippen LogP contribution in [0.4, 0.5) is 0 Å². The standard InChI is InChI=1S/C8H14N2S2/c1-2-7-12-8(11)10-5-3-9-4-6-10/h2,9H,1,3-7H2. The van der Waals surface area contributed by atoms with Crippen LogP contribution in [0.5, 0.6) is 0 Å². The molecule has 1 fully saturated rings. The number of nitrogens with one attached hydrogen (secondary N) is 1. The Morgan fingerprint density at radius 2 is 2.25 bits per heavy atom. The monoisotopic (exact) mass is 202 g/mol. The molecule has 0 aromatic heterocycles. The van der Waals surface area contributed by atoms with Crippen LogP contribution < -0.4 is 5.32 Å². The van der Waals surface area contributed by atoms with E-state index in [1.54, 1.807) is 11.8 Å². The molecule has 0 saturated carbocycles. The molecule has 1 aliphatic rings. The maximum Gasteiger partial charge on any atom is 0.136 e. The van der Waals surface area contributed by atoms with Gasteiger partial charge in [0, 0.05) is 31.9 Å². The maximum atomic E-state index is 5.25. The van der Waals surface area contributed by atoms with Crippen LogP contribution in [0.3, 0.4) is 0 Å². The molecule has 1 saturated heterocycles. The molecule has 1 heterocycles. The van der Waals surface area contributed by atoms with Crippen molar-refractivity contribution in [3.8, 4) is 0 Å². The Morgan fingerprint density at radius 1 is 1.58 bits per heavy atom. The second-order valence-corrected chi connectivity index (χ2v) is 4.26. The Labute approximate surface area is 83.4 Å². The second kappa shape index (κ2) is 5.56. The molecule has 0 aromatic carbocycles. The van der Waals surface area contributed by atoms with Crippen LogP contribution >= 0.6 is 24.0 Å². The minimum absolute atomic E-state index is 0.919. The van der Waals surface area contributed by atoms with Crippen LogP contribution in [-0.2, 0) is 0 Å². The van der Waals surface area contributed by atoms with E-state index >= 15 is 0 Å². The maximum absolute atomic E-state index is 5.25. The molecule has 0 aromatic rings. The quantitative estimate of drug-likeness (QED) is 0.532. The van der Waals surface area contributed by atoms with Crippen LogP contribution in [-0.4, -0.2) is 41.2 Å². The fraction of sp³-hybridized carbons (Fsp3) is 0.625. The summed E-state index contributed by atoms with van der Waals surface area (Å²) in [6.07, 6.45) is 1.89. The van der Waals surface area contributed by atoms with Gasteiger partial charge in [-0.2, -0.15) is 0 Å². The molecule has 1 rings (SSSR count). The zero-order valence-corrected chi connectivity index (χ0v) is 8.72. The van der Waals surface area contributed by atoms with Crippen LogP contribution in [0.15, 0.2) is 12.7 Å². The van der Waals surface area contributed by atoms with Gasteiger partial charge in [0.2, 0.25) is 0 Å². The number of thioether (sulfide) groups is 1. The van der Waals surface area contributed by atoms with Gasteiger partial charge >= 0.3 is 0 Å². The van der Waals surface area contributed by atoms with E-state index in [9.17, 15) is 0 Å². The number of thiocarbonyl (C=S) groups is 1. The first-order valence-corrected chi connectivity index (χ1v) is 5.47. The minimum Gasteiger partial charge on any atom is -0.355 e. The lowest BCUT2D eigenvalue weighted by atomic mass is 10.4. The van der Waals surface area contributed by atoms with Crippen molar-refractivity contribution in [3.63, 3.8) is 0 Å². The molecular formula is C8H14N2S2. The average molecular weight is 202 g/mol. The lowest BCUT2D eigenvalue weighted by Crippen LogP contribution is -2.45. The van der Waals surface area contributed by atoms with E-state index in [0.29, 0.717) is 0 Å². The smallest absolute Gasteiger partial charge is 0.136 e. The zero-order chi connectivity index (χ0) is 8.81. The minimum atomic E-state index is 0.919. The van der Waals surface area contributed by atoms with Gasteiger partial charge in [-0.05, 0) is 0 Å². The van der Waals surface area contributed by atoms with Crippen molar-refractivity contribution in [1.29, 1.82) is 0 Å². The predicted octanol–water partition coefficient (Wildman–Crippen LogP) is 1.10. The van der Waals surface area contributed by atoms with Gasteiger partial charge in [-0.15, -0.1) is 6.58 Å². The summed E-state index contributed by atoms with van der Waals surface area (Å²) in [5, 5.41) is 3.29. The van der Waals surface area contributed by atoms with Gasteiger partial charge in [-0.25, -0.2) is 0 Å². The summed E-state index contributed by atoms with van der Waals surface area (Å²) in [5.74, 6) is 0.919. The third kappa shape index (κ3) is 3.13. The van der Waals surface area contributed by atoms with E-state index in [0.717, 1.165) is 36.3 Å². The molecule has 0 spiro atoms. The number of piperazine rings is 1. The third-order valence-electron chi connectivity index (χ3n) is 1.70. The average Bonchev–Trinajstić information content (AvgIpc) is 2.15. The SMILES string of the molecule is C=CCSC(=S)N1CCNCC1. The Balaban J connectivity index is 2.24. The van der Waals surface area contributed by atoms with Crippen LogP contribution in [0.25, 0.3) is 0 Å². The Kier molecular flexibility index (Phi) is 4.65. The van der Waals surface area contributed by atoms with Crippen molar-refractivity contribution in [3.05, 3.63) is 12.7 Å². The summed E-state index contributed by atoms with van der Waals surface area (Å²) in [6, 6.07) is 0. The van der Waals surface area contributed by atoms with E-state index < -0.39 is 0 Å². The molecule has 0 aliphatic carbocycles. The number of hydrogen-bond acceptors (Lipinski definition) is 3. The van der Waals surface area contributed by atoms with Crippen molar-refractivity contribution in [2.75, 3.05) is 31.9 Å². The van der Waals surface area contributed by atoms with Crippen LogP contribution in [0.2, 0.25) is 0 Å². The van der Waals surface area contributed by atoms with Gasteiger partial charge < -0.3 is 10.2 Å². The topological polar surface area (TPSA) is 15.3 Å². The summed E-state index contributed by atoms with van der Waals surface area (Å²) >= 11 is 6.95. The molecule has 68 valence electrons. The lowest BCUT2D eigenvalue weighted by Gasteiger charge is -2.28. The third-order valence-corrected chi connectivity index (χ3v) is 3.22. The van der Waals surface area contributed by atoms with Crippen molar-refractivity contribution in [2.24, 2.45) is 0 Å². The van der Waals surface area contributed by atoms with Gasteiger partial charge in [0.15, 0.2) is 0 Å². The van der Waals surface area contributed by atoms with Crippen molar-refractivity contribution >= 4 is 28.3 Å². The molecule has 0 amide bonds. The number of hydrogen-bond donors (Lipinski definition) is 1. The van der Waals surface area contributed by atoms with Gasteiger partial charge in [0.05, 0.1) is 0 Å². The molecule has 1 aliphatic heterocycles. The van der Waals surface area contributed by atoms with E-state index in [4.69, 9.17) is 12.2 Å². The Morgan fingerprint density at radius 3 is 2.83 bits per heavy atom. The van der Waals surface area contributed by atoms with Crippen molar-refractivity contribution in [1.82, 2.24) is 10.2 Å². The normalized spacial score (nSPS) is 17.5. The second-order valence-electron chi connectivity index (χ2n) is 2.60. The molecule has 2 nitrogen and oxygen atoms in total. The summed E-state index contributed by atoms with van der Waals surface area (Å²) in [7, 11) is 0. The Hall–Kier alpha value is -0.0600. The molecular weight excluding hydrogens is 188 g/mol. The summed E-state index contributed by atoms with van der Waals surface area (Å²) in [5.41, 5.74) is 0. The summed E-state index contributed by atoms with van der Waals surface area (Å²) in [6.45, 7) is 7.86. The summed E-state index contributed by atoms with van der Waals surface area (Å²) in [4.78, 5) is 2.25. The predicted molar refractivity (Wildman–Crippen MR) is 59.7 cm³/mol. The highest BCUT2D eigenvalue weighted by Gasteiger charge is 2.11. The van der Waals surface area contributed by atoms with Crippen LogP contribution in [0, 0.1) is 0 Å². The molecule has 4 heteroatoms. The molecule has 0 bridgehead atoms. The highest BCUT2D eigenvalue weighted by Crippen LogP contribution is 2.09.